The number of carbonyl (C=O) groups excluding carboxylic acids is 2. The number of H-pyrrole nitrogens is 1. The number of anilines is 1. The van der Waals surface area contributed by atoms with Gasteiger partial charge in [0.25, 0.3) is 0 Å². The van der Waals surface area contributed by atoms with Crippen LogP contribution in [0.15, 0.2) is 17.1 Å². The smallest absolute Gasteiger partial charge is 0.463 e. The highest BCUT2D eigenvalue weighted by Crippen LogP contribution is 2.40. The van der Waals surface area contributed by atoms with E-state index in [-0.39, 0.29) is 18.3 Å². The first kappa shape index (κ1) is 21.8. The fourth-order valence-corrected chi connectivity index (χ4v) is 2.76. The maximum absolute atomic E-state index is 15.7. The average molecular weight is 400 g/mol. The van der Waals surface area contributed by atoms with E-state index < -0.39 is 47.7 Å². The van der Waals surface area contributed by atoms with Crippen LogP contribution in [0.4, 0.5) is 10.2 Å². The lowest BCUT2D eigenvalue weighted by Crippen LogP contribution is -2.60. The summed E-state index contributed by atoms with van der Waals surface area (Å²) in [7, 11) is 0. The van der Waals surface area contributed by atoms with Crippen molar-refractivity contribution in [1.82, 2.24) is 4.98 Å². The quantitative estimate of drug-likeness (QED) is 0.530. The molecule has 2 rings (SSSR count). The second kappa shape index (κ2) is 8.26. The van der Waals surface area contributed by atoms with Gasteiger partial charge in [0.15, 0.2) is 11.9 Å². The summed E-state index contributed by atoms with van der Waals surface area (Å²) in [6.45, 7) is 7.37. The van der Waals surface area contributed by atoms with E-state index in [0.29, 0.717) is 0 Å². The Hall–Kier alpha value is -2.49. The van der Waals surface area contributed by atoms with Gasteiger partial charge in [0.05, 0.1) is 11.8 Å². The summed E-state index contributed by atoms with van der Waals surface area (Å²) in [5.74, 6) is -1.92. The van der Waals surface area contributed by atoms with Gasteiger partial charge >= 0.3 is 17.6 Å². The standard InChI is InChI=1S/C18H26FN3O6/c1-9(2)14(23)26-8-11-13(28-15(24)10(3)4)18(5,19)16(27-11)22-7-6-12(20)21-17(22)25/h6-7,9-11,13,16H,8H2,1-5H3,(H2,20,21,25)/p+1. The second-order valence-electron chi connectivity index (χ2n) is 7.58. The summed E-state index contributed by atoms with van der Waals surface area (Å²) in [5, 5.41) is 0. The van der Waals surface area contributed by atoms with Crippen LogP contribution in [0, 0.1) is 11.8 Å². The van der Waals surface area contributed by atoms with Gasteiger partial charge in [0.2, 0.25) is 11.9 Å². The maximum atomic E-state index is 15.7. The number of hydrogen-bond acceptors (Lipinski definition) is 7. The summed E-state index contributed by atoms with van der Waals surface area (Å²) >= 11 is 0. The van der Waals surface area contributed by atoms with E-state index in [2.05, 4.69) is 4.98 Å². The van der Waals surface area contributed by atoms with Gasteiger partial charge in [-0.25, -0.2) is 4.39 Å². The lowest BCUT2D eigenvalue weighted by molar-refractivity contribution is -0.783. The number of alkyl halides is 1. The molecule has 156 valence electrons. The fourth-order valence-electron chi connectivity index (χ4n) is 2.76. The molecule has 28 heavy (non-hydrogen) atoms. The maximum Gasteiger partial charge on any atom is 0.499 e. The van der Waals surface area contributed by atoms with Gasteiger partial charge in [-0.05, 0) is 6.92 Å². The Labute approximate surface area is 162 Å². The first-order valence-corrected chi connectivity index (χ1v) is 9.06. The Kier molecular flexibility index (Phi) is 6.43. The fraction of sp³-hybridized carbons (Fsp3) is 0.667. The minimum Gasteiger partial charge on any atom is -0.463 e. The van der Waals surface area contributed by atoms with Gasteiger partial charge in [-0.1, -0.05) is 27.7 Å². The molecule has 1 saturated heterocycles. The predicted molar refractivity (Wildman–Crippen MR) is 95.6 cm³/mol. The highest BCUT2D eigenvalue weighted by molar-refractivity contribution is 5.72. The third-order valence-corrected chi connectivity index (χ3v) is 4.41. The Bertz CT molecular complexity index is 792. The molecule has 9 nitrogen and oxygen atoms in total. The Balaban J connectivity index is 2.34. The number of nitrogens with two attached hydrogens (primary N) is 1. The van der Waals surface area contributed by atoms with Gasteiger partial charge in [-0.3, -0.25) is 9.59 Å². The number of nitrogens with one attached hydrogen (secondary N) is 1. The topological polar surface area (TPSA) is 125 Å². The zero-order valence-corrected chi connectivity index (χ0v) is 16.6. The van der Waals surface area contributed by atoms with Crippen molar-refractivity contribution < 1.29 is 32.8 Å². The molecule has 0 amide bonds. The number of halogens is 1. The highest BCUT2D eigenvalue weighted by Gasteiger charge is 2.61. The van der Waals surface area contributed by atoms with Gasteiger partial charge < -0.3 is 19.9 Å². The average Bonchev–Trinajstić information content (AvgIpc) is 2.83. The van der Waals surface area contributed by atoms with Crippen molar-refractivity contribution in [2.24, 2.45) is 11.8 Å². The van der Waals surface area contributed by atoms with Crippen LogP contribution < -0.4 is 16.0 Å². The summed E-state index contributed by atoms with van der Waals surface area (Å²) in [6.07, 6.45) is -2.60. The Morgan fingerprint density at radius 1 is 1.32 bits per heavy atom. The van der Waals surface area contributed by atoms with E-state index in [9.17, 15) is 14.4 Å². The van der Waals surface area contributed by atoms with Crippen LogP contribution in [0.25, 0.3) is 0 Å². The third kappa shape index (κ3) is 4.49. The monoisotopic (exact) mass is 400 g/mol. The van der Waals surface area contributed by atoms with Gasteiger partial charge in [-0.2, -0.15) is 14.3 Å². The summed E-state index contributed by atoms with van der Waals surface area (Å²) < 4.78 is 32.9. The molecule has 0 radical (unpaired) electrons. The molecule has 1 fully saturated rings. The minimum atomic E-state index is -2.27. The third-order valence-electron chi connectivity index (χ3n) is 4.41. The molecule has 0 spiro atoms. The van der Waals surface area contributed by atoms with E-state index in [1.807, 2.05) is 0 Å². The van der Waals surface area contributed by atoms with Crippen molar-refractivity contribution in [3.8, 4) is 0 Å². The molecule has 1 aromatic rings. The molecular formula is C18H27FN3O6+. The number of carbonyl (C=O) groups is 2. The van der Waals surface area contributed by atoms with Crippen LogP contribution in [-0.2, 0) is 23.8 Å². The van der Waals surface area contributed by atoms with Crippen molar-refractivity contribution in [2.75, 3.05) is 12.3 Å². The van der Waals surface area contributed by atoms with Gasteiger partial charge in [-0.15, -0.1) is 0 Å². The number of nitrogens with zero attached hydrogens (tertiary/aromatic N) is 1. The highest BCUT2D eigenvalue weighted by atomic mass is 19.1. The van der Waals surface area contributed by atoms with E-state index in [0.717, 1.165) is 4.57 Å². The van der Waals surface area contributed by atoms with Crippen LogP contribution >= 0.6 is 0 Å². The van der Waals surface area contributed by atoms with E-state index in [1.165, 1.54) is 19.2 Å². The molecule has 4 atom stereocenters. The molecule has 0 saturated carbocycles. The second-order valence-corrected chi connectivity index (χ2v) is 7.58. The lowest BCUT2D eigenvalue weighted by atomic mass is 9.98. The van der Waals surface area contributed by atoms with E-state index in [1.54, 1.807) is 27.7 Å². The lowest BCUT2D eigenvalue weighted by Gasteiger charge is -2.26. The van der Waals surface area contributed by atoms with Crippen LogP contribution in [0.2, 0.25) is 0 Å². The molecule has 0 bridgehead atoms. The van der Waals surface area contributed by atoms with Crippen LogP contribution in [0.3, 0.4) is 0 Å². The van der Waals surface area contributed by atoms with Crippen molar-refractivity contribution in [1.29, 1.82) is 0 Å². The number of aromatic nitrogens is 2. The number of rotatable bonds is 6. The summed E-state index contributed by atoms with van der Waals surface area (Å²) in [4.78, 5) is 38.4. The van der Waals surface area contributed by atoms with Gasteiger partial charge in [0.1, 0.15) is 18.9 Å². The summed E-state index contributed by atoms with van der Waals surface area (Å²) in [5.41, 5.74) is 2.56. The molecule has 0 aliphatic carbocycles. The Morgan fingerprint density at radius 2 is 1.93 bits per heavy atom. The van der Waals surface area contributed by atoms with E-state index in [4.69, 9.17) is 19.9 Å². The molecule has 1 aromatic heterocycles. The van der Waals surface area contributed by atoms with Crippen LogP contribution in [-0.4, -0.2) is 41.4 Å². The molecule has 3 N–H and O–H groups in total. The normalized spacial score (nSPS) is 27.2. The molecule has 1 aliphatic rings. The van der Waals surface area contributed by atoms with Crippen LogP contribution in [0.1, 0.15) is 40.8 Å². The summed E-state index contributed by atoms with van der Waals surface area (Å²) in [6, 6.07) is 1.38. The van der Waals surface area contributed by atoms with Crippen molar-refractivity contribution in [3.63, 3.8) is 0 Å². The number of ether oxygens (including phenoxy) is 3. The van der Waals surface area contributed by atoms with Crippen LogP contribution in [0.5, 0.6) is 0 Å². The SMILES string of the molecule is CC(C)C(=O)OCC1OC([n+]2ccc(N)[nH]c2=O)C(C)(F)C1OC(=O)C(C)C. The number of nitrogen functional groups attached to an aromatic ring is 1. The van der Waals surface area contributed by atoms with Gasteiger partial charge in [0, 0.05) is 6.07 Å². The first-order valence-electron chi connectivity index (χ1n) is 9.06. The predicted octanol–water partition coefficient (Wildman–Crippen LogP) is 0.637. The zero-order valence-electron chi connectivity index (χ0n) is 16.6. The van der Waals surface area contributed by atoms with E-state index >= 15 is 4.39 Å². The zero-order chi connectivity index (χ0) is 21.2. The number of esters is 2. The number of hydrogen-bond donors (Lipinski definition) is 2. The molecule has 2 heterocycles. The van der Waals surface area contributed by atoms with Crippen molar-refractivity contribution in [3.05, 3.63) is 22.7 Å². The molecule has 10 heteroatoms. The van der Waals surface area contributed by atoms with Crippen molar-refractivity contribution >= 4 is 17.8 Å². The molecule has 4 unspecified atom stereocenters. The molecular weight excluding hydrogens is 373 g/mol. The van der Waals surface area contributed by atoms with Crippen molar-refractivity contribution in [2.45, 2.75) is 58.7 Å². The first-order chi connectivity index (χ1) is 12.9. The number of aromatic amines is 1. The Morgan fingerprint density at radius 3 is 2.46 bits per heavy atom. The molecule has 0 aromatic carbocycles. The molecule has 1 aliphatic heterocycles. The minimum absolute atomic E-state index is 0.102. The largest absolute Gasteiger partial charge is 0.499 e.